The Morgan fingerprint density at radius 2 is 2.00 bits per heavy atom. The number of rotatable bonds is 6. The summed E-state index contributed by atoms with van der Waals surface area (Å²) in [5, 5.41) is 40.8. The number of nitrogens with zero attached hydrogens (tertiary/aromatic N) is 4. The normalized spacial score (nSPS) is 10.6. The van der Waals surface area contributed by atoms with Crippen LogP contribution in [-0.4, -0.2) is 38.2 Å². The van der Waals surface area contributed by atoms with Crippen molar-refractivity contribution >= 4 is 46.3 Å². The van der Waals surface area contributed by atoms with Crippen molar-refractivity contribution in [2.24, 2.45) is 4.99 Å². The number of carbonyl (C=O) groups is 1. The predicted octanol–water partition coefficient (Wildman–Crippen LogP) is 4.15. The summed E-state index contributed by atoms with van der Waals surface area (Å²) in [6.07, 6.45) is 1.26. The molecule has 1 heterocycles. The Balaban J connectivity index is 1.84. The topological polar surface area (TPSA) is 148 Å². The number of non-ortho nitro benzene ring substituents is 1. The molecule has 0 saturated carbocycles. The van der Waals surface area contributed by atoms with E-state index in [9.17, 15) is 25.4 Å². The molecule has 0 bridgehead atoms. The third kappa shape index (κ3) is 4.41. The molecule has 10 heteroatoms. The zero-order valence-corrected chi connectivity index (χ0v) is 15.3. The standard InChI is InChI=1S/C19H11N4O5S/c20-8-12(9-21-13-3-6-17(24)15(7-13)19(25)26)18-22-16(10-29-18)11-1-4-14(5-2-11)23(27)28/h1-7,9-10,24H,(H,25,26)/q-1. The number of aromatic hydroxyl groups is 1. The molecule has 2 aromatic carbocycles. The van der Waals surface area contributed by atoms with E-state index in [1.54, 1.807) is 17.5 Å². The molecule has 9 nitrogen and oxygen atoms in total. The van der Waals surface area contributed by atoms with Gasteiger partial charge in [0, 0.05) is 34.9 Å². The molecule has 3 aromatic rings. The highest BCUT2D eigenvalue weighted by Gasteiger charge is 2.11. The van der Waals surface area contributed by atoms with E-state index in [2.05, 4.69) is 9.98 Å². The van der Waals surface area contributed by atoms with E-state index in [4.69, 9.17) is 5.11 Å². The summed E-state index contributed by atoms with van der Waals surface area (Å²) in [7, 11) is 0. The minimum absolute atomic E-state index is 0.0322. The Morgan fingerprint density at radius 1 is 1.28 bits per heavy atom. The number of aliphatic imine (C=N–C) groups is 1. The first-order valence-electron chi connectivity index (χ1n) is 7.97. The fourth-order valence-corrected chi connectivity index (χ4v) is 3.12. The minimum atomic E-state index is -1.29. The molecule has 0 aliphatic heterocycles. The first-order valence-corrected chi connectivity index (χ1v) is 8.85. The largest absolute Gasteiger partial charge is 0.763 e. The molecule has 144 valence electrons. The number of hydrogen-bond acceptors (Lipinski definition) is 7. The smallest absolute Gasteiger partial charge is 0.339 e. The zero-order chi connectivity index (χ0) is 21.0. The zero-order valence-electron chi connectivity index (χ0n) is 14.5. The van der Waals surface area contributed by atoms with E-state index in [0.29, 0.717) is 16.3 Å². The van der Waals surface area contributed by atoms with Crippen molar-refractivity contribution in [1.82, 2.24) is 4.98 Å². The molecule has 0 amide bonds. The van der Waals surface area contributed by atoms with Gasteiger partial charge in [-0.2, -0.15) is 0 Å². The number of aromatic carboxylic acids is 1. The maximum absolute atomic E-state index is 11.1. The molecule has 0 radical (unpaired) electrons. The summed E-state index contributed by atoms with van der Waals surface area (Å²) in [5.74, 6) is 0.311. The van der Waals surface area contributed by atoms with Crippen molar-refractivity contribution in [3.05, 3.63) is 73.9 Å². The van der Waals surface area contributed by atoms with Gasteiger partial charge in [0.1, 0.15) is 16.3 Å². The van der Waals surface area contributed by atoms with Crippen LogP contribution in [0.25, 0.3) is 22.2 Å². The van der Waals surface area contributed by atoms with Crippen LogP contribution in [0.15, 0.2) is 52.8 Å². The molecule has 0 aliphatic rings. The maximum Gasteiger partial charge on any atom is 0.339 e. The van der Waals surface area contributed by atoms with Gasteiger partial charge >= 0.3 is 5.97 Å². The van der Waals surface area contributed by atoms with Crippen molar-refractivity contribution in [1.29, 1.82) is 0 Å². The molecule has 0 fully saturated rings. The highest BCUT2D eigenvalue weighted by molar-refractivity contribution is 7.11. The molecular weight excluding hydrogens is 396 g/mol. The number of nitro benzene ring substituents is 1. The molecule has 0 atom stereocenters. The van der Waals surface area contributed by atoms with Gasteiger partial charge in [-0.05, 0) is 30.3 Å². The fraction of sp³-hybridized carbons (Fsp3) is 0. The van der Waals surface area contributed by atoms with Crippen LogP contribution in [0.5, 0.6) is 5.75 Å². The molecule has 0 saturated heterocycles. The van der Waals surface area contributed by atoms with Crippen LogP contribution < -0.4 is 0 Å². The lowest BCUT2D eigenvalue weighted by Gasteiger charge is -2.01. The van der Waals surface area contributed by atoms with Gasteiger partial charge in [-0.25, -0.2) is 9.78 Å². The van der Waals surface area contributed by atoms with Crippen molar-refractivity contribution in [3.8, 4) is 17.0 Å². The Morgan fingerprint density at radius 3 is 2.62 bits per heavy atom. The van der Waals surface area contributed by atoms with Gasteiger partial charge < -0.3 is 15.6 Å². The Hall–Kier alpha value is -4.14. The molecule has 2 N–H and O–H groups in total. The molecule has 0 unspecified atom stereocenters. The second-order valence-electron chi connectivity index (χ2n) is 5.63. The molecule has 3 rings (SSSR count). The first kappa shape index (κ1) is 19.6. The average Bonchev–Trinajstić information content (AvgIpc) is 3.19. The summed E-state index contributed by atoms with van der Waals surface area (Å²) in [4.78, 5) is 29.8. The third-order valence-electron chi connectivity index (χ3n) is 3.78. The van der Waals surface area contributed by atoms with Crippen LogP contribution in [-0.2, 0) is 0 Å². The van der Waals surface area contributed by atoms with Crippen LogP contribution in [0.4, 0.5) is 11.4 Å². The van der Waals surface area contributed by atoms with Gasteiger partial charge in [0.05, 0.1) is 16.3 Å². The van der Waals surface area contributed by atoms with Crippen LogP contribution in [0.3, 0.4) is 0 Å². The van der Waals surface area contributed by atoms with E-state index in [1.165, 1.54) is 47.9 Å². The van der Waals surface area contributed by atoms with Crippen molar-refractivity contribution in [2.75, 3.05) is 0 Å². The van der Waals surface area contributed by atoms with Gasteiger partial charge in [-0.1, -0.05) is 0 Å². The van der Waals surface area contributed by atoms with Crippen LogP contribution in [0, 0.1) is 10.1 Å². The monoisotopic (exact) mass is 407 g/mol. The number of carboxylic acid groups (broad SMARTS) is 1. The van der Waals surface area contributed by atoms with Gasteiger partial charge in [-0.15, -0.1) is 11.3 Å². The van der Waals surface area contributed by atoms with Gasteiger partial charge in [0.25, 0.3) is 5.69 Å². The van der Waals surface area contributed by atoms with E-state index in [-0.39, 0.29) is 28.3 Å². The number of carboxylic acids is 1. The van der Waals surface area contributed by atoms with Gasteiger partial charge in [-0.3, -0.25) is 21.0 Å². The predicted molar refractivity (Wildman–Crippen MR) is 109 cm³/mol. The number of hydrogen-bond donors (Lipinski definition) is 2. The van der Waals surface area contributed by atoms with Crippen LogP contribution >= 0.6 is 11.3 Å². The number of thiazole rings is 1. The van der Waals surface area contributed by atoms with Gasteiger partial charge in [0.2, 0.25) is 0 Å². The summed E-state index contributed by atoms with van der Waals surface area (Å²) in [6.45, 7) is 0. The first-order chi connectivity index (χ1) is 13.9. The Labute approximate surface area is 167 Å². The maximum atomic E-state index is 11.1. The summed E-state index contributed by atoms with van der Waals surface area (Å²) in [5.41, 5.74) is 1.30. The van der Waals surface area contributed by atoms with Crippen molar-refractivity contribution in [3.63, 3.8) is 0 Å². The number of allylic oxidation sites excluding steroid dienone is 1. The quantitative estimate of drug-likeness (QED) is 0.356. The molecule has 29 heavy (non-hydrogen) atoms. The summed E-state index contributed by atoms with van der Waals surface area (Å²) in [6, 6.07) is 9.69. The molecular formula is C19H11N4O5S-. The summed E-state index contributed by atoms with van der Waals surface area (Å²) < 4.78 is 0. The van der Waals surface area contributed by atoms with Crippen molar-refractivity contribution < 1.29 is 19.9 Å². The van der Waals surface area contributed by atoms with E-state index < -0.39 is 10.9 Å². The lowest BCUT2D eigenvalue weighted by atomic mass is 10.1. The van der Waals surface area contributed by atoms with E-state index >= 15 is 0 Å². The SMILES string of the molecule is [N-]=C=C(C=Nc1ccc(O)c(C(=O)O)c1)c1nc(-c2ccc([N+](=O)[O-])cc2)cs1. The Kier molecular flexibility index (Phi) is 5.59. The van der Waals surface area contributed by atoms with Crippen LogP contribution in [0.1, 0.15) is 15.4 Å². The number of phenols is 1. The van der Waals surface area contributed by atoms with Gasteiger partial charge in [0.15, 0.2) is 0 Å². The van der Waals surface area contributed by atoms with E-state index in [0.717, 1.165) is 0 Å². The highest BCUT2D eigenvalue weighted by atomic mass is 32.1. The lowest BCUT2D eigenvalue weighted by Crippen LogP contribution is -1.96. The van der Waals surface area contributed by atoms with Crippen LogP contribution in [0.2, 0.25) is 0 Å². The summed E-state index contributed by atoms with van der Waals surface area (Å²) >= 11 is 1.20. The fourth-order valence-electron chi connectivity index (χ4n) is 2.33. The minimum Gasteiger partial charge on any atom is -0.763 e. The number of aromatic nitrogens is 1. The Bertz CT molecular complexity index is 1180. The number of nitro groups is 1. The highest BCUT2D eigenvalue weighted by Crippen LogP contribution is 2.27. The molecule has 0 aliphatic carbocycles. The third-order valence-corrected chi connectivity index (χ3v) is 4.66. The van der Waals surface area contributed by atoms with E-state index in [1.807, 2.05) is 5.87 Å². The molecule has 1 aromatic heterocycles. The lowest BCUT2D eigenvalue weighted by molar-refractivity contribution is -0.384. The number of benzene rings is 2. The molecule has 0 spiro atoms. The van der Waals surface area contributed by atoms with Crippen molar-refractivity contribution in [2.45, 2.75) is 0 Å². The average molecular weight is 407 g/mol. The second-order valence-corrected chi connectivity index (χ2v) is 6.49. The second kappa shape index (κ2) is 8.26.